The molecule has 7 heteroatoms. The van der Waals surface area contributed by atoms with Gasteiger partial charge in [-0.15, -0.1) is 11.3 Å². The number of fused-ring (bicyclic) bond motifs is 1. The molecule has 4 rings (SSSR count). The predicted octanol–water partition coefficient (Wildman–Crippen LogP) is 3.69. The molecule has 1 aliphatic heterocycles. The van der Waals surface area contributed by atoms with E-state index in [1.807, 2.05) is 18.2 Å². The van der Waals surface area contributed by atoms with Crippen molar-refractivity contribution in [2.45, 2.75) is 0 Å². The van der Waals surface area contributed by atoms with E-state index in [1.54, 1.807) is 37.5 Å². The number of carbonyl (C=O) groups excluding carboxylic acids is 1. The number of benzene rings is 2. The van der Waals surface area contributed by atoms with Crippen LogP contribution in [0.2, 0.25) is 0 Å². The molecule has 1 aliphatic rings. The fourth-order valence-corrected chi connectivity index (χ4v) is 3.49. The topological polar surface area (TPSA) is 75.5 Å². The van der Waals surface area contributed by atoms with Gasteiger partial charge in [0, 0.05) is 18.3 Å². The summed E-state index contributed by atoms with van der Waals surface area (Å²) in [6.45, 7) is 0.215. The molecule has 1 aromatic heterocycles. The van der Waals surface area contributed by atoms with Gasteiger partial charge in [0.25, 0.3) is 5.91 Å². The highest BCUT2D eigenvalue weighted by atomic mass is 32.1. The lowest BCUT2D eigenvalue weighted by molar-refractivity contribution is 0.0996. The normalized spacial score (nSPS) is 11.8. The maximum atomic E-state index is 12.7. The summed E-state index contributed by atoms with van der Waals surface area (Å²) in [6.07, 6.45) is 1.57. The van der Waals surface area contributed by atoms with Crippen LogP contribution in [0.5, 0.6) is 11.5 Å². The molecule has 0 bridgehead atoms. The molecular formula is C19H13N3O3S. The molecule has 128 valence electrons. The highest BCUT2D eigenvalue weighted by molar-refractivity contribution is 7.17. The largest absolute Gasteiger partial charge is 0.454 e. The average molecular weight is 363 g/mol. The molecule has 0 spiro atoms. The number of rotatable bonds is 3. The van der Waals surface area contributed by atoms with Gasteiger partial charge in [0.05, 0.1) is 17.8 Å². The van der Waals surface area contributed by atoms with Gasteiger partial charge in [-0.3, -0.25) is 4.79 Å². The predicted molar refractivity (Wildman–Crippen MR) is 97.6 cm³/mol. The van der Waals surface area contributed by atoms with Gasteiger partial charge >= 0.3 is 0 Å². The van der Waals surface area contributed by atoms with E-state index in [4.69, 9.17) is 14.7 Å². The second-order valence-corrected chi connectivity index (χ2v) is 6.65. The number of thiazole rings is 1. The van der Waals surface area contributed by atoms with Gasteiger partial charge in [-0.1, -0.05) is 6.07 Å². The standard InChI is InChI=1S/C19H13N3O3S/c1-22(14-4-2-3-12(7-14)9-20)19(23)17-10-21-18(26-17)13-5-6-15-16(8-13)25-11-24-15/h2-8,10H,11H2,1H3. The van der Waals surface area contributed by atoms with Crippen LogP contribution in [0.15, 0.2) is 48.7 Å². The quantitative estimate of drug-likeness (QED) is 0.709. The van der Waals surface area contributed by atoms with Crippen molar-refractivity contribution < 1.29 is 14.3 Å². The molecule has 0 saturated carbocycles. The molecule has 1 amide bonds. The van der Waals surface area contributed by atoms with Crippen LogP contribution in [-0.2, 0) is 0 Å². The molecule has 6 nitrogen and oxygen atoms in total. The maximum absolute atomic E-state index is 12.7. The monoisotopic (exact) mass is 363 g/mol. The third-order valence-electron chi connectivity index (χ3n) is 4.00. The first-order valence-electron chi connectivity index (χ1n) is 7.80. The number of amides is 1. The zero-order chi connectivity index (χ0) is 18.1. The summed E-state index contributed by atoms with van der Waals surface area (Å²) in [6, 6.07) is 14.6. The Morgan fingerprint density at radius 2 is 2.08 bits per heavy atom. The fraction of sp³-hybridized carbons (Fsp3) is 0.105. The van der Waals surface area contributed by atoms with Crippen LogP contribution in [-0.4, -0.2) is 24.7 Å². The van der Waals surface area contributed by atoms with Gasteiger partial charge in [0.1, 0.15) is 9.88 Å². The van der Waals surface area contributed by atoms with Crippen molar-refractivity contribution in [3.05, 3.63) is 59.1 Å². The molecule has 2 heterocycles. The van der Waals surface area contributed by atoms with Crippen LogP contribution in [0.1, 0.15) is 15.2 Å². The minimum absolute atomic E-state index is 0.176. The SMILES string of the molecule is CN(C(=O)c1cnc(-c2ccc3c(c2)OCO3)s1)c1cccc(C#N)c1. The van der Waals surface area contributed by atoms with Gasteiger partial charge in [-0.2, -0.15) is 5.26 Å². The first-order chi connectivity index (χ1) is 12.7. The summed E-state index contributed by atoms with van der Waals surface area (Å²) < 4.78 is 10.7. The van der Waals surface area contributed by atoms with Crippen molar-refractivity contribution in [1.82, 2.24) is 4.98 Å². The van der Waals surface area contributed by atoms with Crippen LogP contribution in [0.25, 0.3) is 10.6 Å². The number of carbonyl (C=O) groups is 1. The van der Waals surface area contributed by atoms with Gasteiger partial charge in [-0.05, 0) is 36.4 Å². The van der Waals surface area contributed by atoms with E-state index in [9.17, 15) is 4.79 Å². The summed E-state index contributed by atoms with van der Waals surface area (Å²) >= 11 is 1.31. The first kappa shape index (κ1) is 16.1. The molecule has 3 aromatic rings. The van der Waals surface area contributed by atoms with E-state index in [0.717, 1.165) is 10.6 Å². The smallest absolute Gasteiger partial charge is 0.269 e. The van der Waals surface area contributed by atoms with E-state index in [1.165, 1.54) is 16.2 Å². The van der Waals surface area contributed by atoms with Crippen molar-refractivity contribution in [2.24, 2.45) is 0 Å². The van der Waals surface area contributed by atoms with E-state index in [2.05, 4.69) is 11.1 Å². The Hall–Kier alpha value is -3.37. The first-order valence-corrected chi connectivity index (χ1v) is 8.61. The summed E-state index contributed by atoms with van der Waals surface area (Å²) in [7, 11) is 1.68. The number of hydrogen-bond acceptors (Lipinski definition) is 6. The van der Waals surface area contributed by atoms with Crippen LogP contribution < -0.4 is 14.4 Å². The number of anilines is 1. The Bertz CT molecular complexity index is 1040. The Morgan fingerprint density at radius 1 is 1.23 bits per heavy atom. The van der Waals surface area contributed by atoms with E-state index >= 15 is 0 Å². The number of nitrogens with zero attached hydrogens (tertiary/aromatic N) is 3. The van der Waals surface area contributed by atoms with E-state index in [-0.39, 0.29) is 12.7 Å². The van der Waals surface area contributed by atoms with Crippen molar-refractivity contribution in [2.75, 3.05) is 18.7 Å². The summed E-state index contributed by atoms with van der Waals surface area (Å²) in [5.74, 6) is 1.21. The van der Waals surface area contributed by atoms with Crippen LogP contribution in [0, 0.1) is 11.3 Å². The molecule has 0 N–H and O–H groups in total. The summed E-state index contributed by atoms with van der Waals surface area (Å²) in [5, 5.41) is 9.74. The second-order valence-electron chi connectivity index (χ2n) is 5.62. The van der Waals surface area contributed by atoms with E-state index < -0.39 is 0 Å². The molecule has 2 aromatic carbocycles. The molecule has 0 radical (unpaired) electrons. The Balaban J connectivity index is 1.59. The van der Waals surface area contributed by atoms with Crippen molar-refractivity contribution in [1.29, 1.82) is 5.26 Å². The molecule has 0 aliphatic carbocycles. The zero-order valence-corrected chi connectivity index (χ0v) is 14.6. The Kier molecular flexibility index (Phi) is 4.03. The molecule has 0 atom stereocenters. The van der Waals surface area contributed by atoms with Crippen LogP contribution in [0.3, 0.4) is 0 Å². The number of nitriles is 1. The summed E-state index contributed by atoms with van der Waals surface area (Å²) in [4.78, 5) is 19.1. The molecule has 26 heavy (non-hydrogen) atoms. The third kappa shape index (κ3) is 2.87. The van der Waals surface area contributed by atoms with Crippen molar-refractivity contribution in [3.63, 3.8) is 0 Å². The maximum Gasteiger partial charge on any atom is 0.269 e. The van der Waals surface area contributed by atoms with Crippen molar-refractivity contribution in [3.8, 4) is 28.1 Å². The lowest BCUT2D eigenvalue weighted by atomic mass is 10.2. The summed E-state index contributed by atoms with van der Waals surface area (Å²) in [5.41, 5.74) is 2.03. The third-order valence-corrected chi connectivity index (χ3v) is 5.04. The number of ether oxygens (including phenoxy) is 2. The van der Waals surface area contributed by atoms with Crippen LogP contribution in [0.4, 0.5) is 5.69 Å². The van der Waals surface area contributed by atoms with Crippen LogP contribution >= 0.6 is 11.3 Å². The van der Waals surface area contributed by atoms with E-state index in [0.29, 0.717) is 27.6 Å². The van der Waals surface area contributed by atoms with Gasteiger partial charge in [0.15, 0.2) is 11.5 Å². The Labute approximate surface area is 153 Å². The minimum Gasteiger partial charge on any atom is -0.454 e. The van der Waals surface area contributed by atoms with Crippen molar-refractivity contribution >= 4 is 22.9 Å². The number of hydrogen-bond donors (Lipinski definition) is 0. The van der Waals surface area contributed by atoms with Gasteiger partial charge in [-0.25, -0.2) is 4.98 Å². The second kappa shape index (κ2) is 6.50. The minimum atomic E-state index is -0.176. The lowest BCUT2D eigenvalue weighted by Gasteiger charge is -2.16. The number of aromatic nitrogens is 1. The zero-order valence-electron chi connectivity index (χ0n) is 13.8. The average Bonchev–Trinajstić information content (AvgIpc) is 3.35. The molecule has 0 fully saturated rings. The van der Waals surface area contributed by atoms with Gasteiger partial charge in [0.2, 0.25) is 6.79 Å². The highest BCUT2D eigenvalue weighted by Gasteiger charge is 2.19. The van der Waals surface area contributed by atoms with Gasteiger partial charge < -0.3 is 14.4 Å². The molecule has 0 saturated heterocycles. The fourth-order valence-electron chi connectivity index (χ4n) is 2.60. The lowest BCUT2D eigenvalue weighted by Crippen LogP contribution is -2.25. The molecular weight excluding hydrogens is 350 g/mol. The molecule has 0 unspecified atom stereocenters. The Morgan fingerprint density at radius 3 is 2.92 bits per heavy atom. The highest BCUT2D eigenvalue weighted by Crippen LogP contribution is 2.37.